The molecule has 0 saturated carbocycles. The second-order valence-corrected chi connectivity index (χ2v) is 7.95. The Balaban J connectivity index is 1.84. The van der Waals surface area contributed by atoms with Gasteiger partial charge in [-0.15, -0.1) is 0 Å². The standard InChI is InChI=1S/C24H21Cl2FN2O3/c1-30-22-11-9-17(23(31-2)24(22)32-3)21-13-20(14-4-6-15(27)7-5-14)28-29(21)16-8-10-18(25)19(26)12-16/h4-12,21H,13H2,1-3H3/t21-/m0/s1. The number of hydrogen-bond acceptors (Lipinski definition) is 5. The first kappa shape index (κ1) is 22.2. The molecule has 0 aliphatic carbocycles. The summed E-state index contributed by atoms with van der Waals surface area (Å²) >= 11 is 12.4. The molecule has 0 N–H and O–H groups in total. The van der Waals surface area contributed by atoms with Gasteiger partial charge in [-0.25, -0.2) is 4.39 Å². The van der Waals surface area contributed by atoms with Crippen molar-refractivity contribution in [3.63, 3.8) is 0 Å². The van der Waals surface area contributed by atoms with Crippen molar-refractivity contribution >= 4 is 34.6 Å². The van der Waals surface area contributed by atoms with E-state index in [2.05, 4.69) is 0 Å². The largest absolute Gasteiger partial charge is 0.493 e. The summed E-state index contributed by atoms with van der Waals surface area (Å²) in [7, 11) is 4.72. The fourth-order valence-electron chi connectivity index (χ4n) is 3.82. The molecule has 0 amide bonds. The zero-order valence-electron chi connectivity index (χ0n) is 17.7. The molecule has 1 atom stereocenters. The molecule has 3 aromatic rings. The molecule has 32 heavy (non-hydrogen) atoms. The number of anilines is 1. The van der Waals surface area contributed by atoms with Crippen LogP contribution in [0.1, 0.15) is 23.6 Å². The van der Waals surface area contributed by atoms with Crippen LogP contribution in [0.25, 0.3) is 0 Å². The molecule has 1 aliphatic heterocycles. The molecule has 3 aromatic carbocycles. The van der Waals surface area contributed by atoms with Crippen molar-refractivity contribution in [2.45, 2.75) is 12.5 Å². The van der Waals surface area contributed by atoms with Crippen LogP contribution in [-0.4, -0.2) is 27.0 Å². The summed E-state index contributed by atoms with van der Waals surface area (Å²) in [5.41, 5.74) is 3.26. The Morgan fingerprint density at radius 2 is 1.59 bits per heavy atom. The van der Waals surface area contributed by atoms with Gasteiger partial charge in [0.1, 0.15) is 5.82 Å². The predicted molar refractivity (Wildman–Crippen MR) is 125 cm³/mol. The van der Waals surface area contributed by atoms with Gasteiger partial charge in [0, 0.05) is 12.0 Å². The van der Waals surface area contributed by atoms with Crippen LogP contribution in [0.5, 0.6) is 17.2 Å². The average Bonchev–Trinajstić information content (AvgIpc) is 3.25. The molecule has 5 nitrogen and oxygen atoms in total. The molecule has 0 saturated heterocycles. The van der Waals surface area contributed by atoms with Gasteiger partial charge in [-0.3, -0.25) is 5.01 Å². The summed E-state index contributed by atoms with van der Waals surface area (Å²) in [6.07, 6.45) is 0.553. The van der Waals surface area contributed by atoms with E-state index in [0.717, 1.165) is 22.5 Å². The number of benzene rings is 3. The Morgan fingerprint density at radius 1 is 0.875 bits per heavy atom. The van der Waals surface area contributed by atoms with E-state index < -0.39 is 0 Å². The fourth-order valence-corrected chi connectivity index (χ4v) is 4.11. The normalized spacial score (nSPS) is 15.5. The van der Waals surface area contributed by atoms with Gasteiger partial charge >= 0.3 is 0 Å². The van der Waals surface area contributed by atoms with Crippen molar-refractivity contribution < 1.29 is 18.6 Å². The van der Waals surface area contributed by atoms with E-state index in [-0.39, 0.29) is 11.9 Å². The lowest BCUT2D eigenvalue weighted by molar-refractivity contribution is 0.321. The van der Waals surface area contributed by atoms with E-state index in [4.69, 9.17) is 42.5 Å². The topological polar surface area (TPSA) is 43.3 Å². The van der Waals surface area contributed by atoms with E-state index in [9.17, 15) is 4.39 Å². The lowest BCUT2D eigenvalue weighted by Crippen LogP contribution is -2.19. The van der Waals surface area contributed by atoms with Crippen LogP contribution in [-0.2, 0) is 0 Å². The Bertz CT molecular complexity index is 1170. The summed E-state index contributed by atoms with van der Waals surface area (Å²) in [6.45, 7) is 0. The van der Waals surface area contributed by atoms with Crippen LogP contribution in [0.2, 0.25) is 10.0 Å². The molecule has 8 heteroatoms. The highest BCUT2D eigenvalue weighted by atomic mass is 35.5. The quantitative estimate of drug-likeness (QED) is 0.408. The SMILES string of the molecule is COc1ccc([C@@H]2CC(c3ccc(F)cc3)=NN2c2ccc(Cl)c(Cl)c2)c(OC)c1OC. The van der Waals surface area contributed by atoms with Gasteiger partial charge in [-0.2, -0.15) is 5.10 Å². The summed E-state index contributed by atoms with van der Waals surface area (Å²) in [5, 5.41) is 7.60. The molecular weight excluding hydrogens is 454 g/mol. The van der Waals surface area contributed by atoms with Gasteiger partial charge in [0.15, 0.2) is 11.5 Å². The van der Waals surface area contributed by atoms with Gasteiger partial charge in [-0.1, -0.05) is 35.3 Å². The molecule has 166 valence electrons. The molecule has 0 fully saturated rings. The van der Waals surface area contributed by atoms with E-state index in [1.54, 1.807) is 45.6 Å². The summed E-state index contributed by atoms with van der Waals surface area (Å²) in [6, 6.07) is 15.2. The van der Waals surface area contributed by atoms with Crippen LogP contribution < -0.4 is 19.2 Å². The second kappa shape index (κ2) is 9.27. The average molecular weight is 475 g/mol. The third-order valence-corrected chi connectivity index (χ3v) is 6.09. The molecule has 0 aromatic heterocycles. The maximum Gasteiger partial charge on any atom is 0.203 e. The third-order valence-electron chi connectivity index (χ3n) is 5.35. The second-order valence-electron chi connectivity index (χ2n) is 7.14. The van der Waals surface area contributed by atoms with Gasteiger partial charge in [0.05, 0.1) is 48.8 Å². The monoisotopic (exact) mass is 474 g/mol. The highest BCUT2D eigenvalue weighted by molar-refractivity contribution is 6.42. The Hall–Kier alpha value is -2.96. The minimum atomic E-state index is -0.299. The zero-order valence-corrected chi connectivity index (χ0v) is 19.2. The van der Waals surface area contributed by atoms with Crippen molar-refractivity contribution in [2.75, 3.05) is 26.3 Å². The highest BCUT2D eigenvalue weighted by Crippen LogP contribution is 2.47. The van der Waals surface area contributed by atoms with E-state index >= 15 is 0 Å². The zero-order chi connectivity index (χ0) is 22.8. The van der Waals surface area contributed by atoms with Crippen molar-refractivity contribution in [3.8, 4) is 17.2 Å². The van der Waals surface area contributed by atoms with E-state index in [1.807, 2.05) is 23.2 Å². The maximum absolute atomic E-state index is 13.5. The molecule has 1 aliphatic rings. The summed E-state index contributed by atoms with van der Waals surface area (Å²) in [4.78, 5) is 0. The molecule has 0 spiro atoms. The van der Waals surface area contributed by atoms with Crippen molar-refractivity contribution in [2.24, 2.45) is 5.10 Å². The minimum absolute atomic E-state index is 0.234. The fraction of sp³-hybridized carbons (Fsp3) is 0.208. The van der Waals surface area contributed by atoms with Crippen molar-refractivity contribution in [1.82, 2.24) is 0 Å². The molecule has 0 radical (unpaired) electrons. The first-order valence-electron chi connectivity index (χ1n) is 9.83. The lowest BCUT2D eigenvalue weighted by atomic mass is 9.96. The van der Waals surface area contributed by atoms with Crippen LogP contribution in [0.4, 0.5) is 10.1 Å². The number of hydrogen-bond donors (Lipinski definition) is 0. The Kier molecular flexibility index (Phi) is 6.44. The number of hydrazone groups is 1. The highest BCUT2D eigenvalue weighted by Gasteiger charge is 2.34. The summed E-state index contributed by atoms with van der Waals surface area (Å²) in [5.74, 6) is 1.31. The van der Waals surface area contributed by atoms with Gasteiger partial charge < -0.3 is 14.2 Å². The van der Waals surface area contributed by atoms with Crippen LogP contribution in [0, 0.1) is 5.82 Å². The van der Waals surface area contributed by atoms with Crippen LogP contribution in [0.15, 0.2) is 59.7 Å². The van der Waals surface area contributed by atoms with Crippen molar-refractivity contribution in [3.05, 3.63) is 81.6 Å². The lowest BCUT2D eigenvalue weighted by Gasteiger charge is -2.26. The number of rotatable bonds is 6. The first-order valence-corrected chi connectivity index (χ1v) is 10.6. The summed E-state index contributed by atoms with van der Waals surface area (Å²) < 4.78 is 30.2. The van der Waals surface area contributed by atoms with Crippen LogP contribution in [0.3, 0.4) is 0 Å². The molecule has 0 bridgehead atoms. The Morgan fingerprint density at radius 3 is 2.22 bits per heavy atom. The Labute approximate surface area is 195 Å². The van der Waals surface area contributed by atoms with Crippen LogP contribution >= 0.6 is 23.2 Å². The van der Waals surface area contributed by atoms with E-state index in [0.29, 0.717) is 33.7 Å². The number of ether oxygens (including phenoxy) is 3. The minimum Gasteiger partial charge on any atom is -0.493 e. The van der Waals surface area contributed by atoms with Gasteiger partial charge in [-0.05, 0) is 48.0 Å². The molecule has 1 heterocycles. The third kappa shape index (κ3) is 4.08. The van der Waals surface area contributed by atoms with Crippen molar-refractivity contribution in [1.29, 1.82) is 0 Å². The molecule has 0 unspecified atom stereocenters. The smallest absolute Gasteiger partial charge is 0.203 e. The molecular formula is C24H21Cl2FN2O3. The van der Waals surface area contributed by atoms with Gasteiger partial charge in [0.2, 0.25) is 5.75 Å². The maximum atomic E-state index is 13.5. The predicted octanol–water partition coefficient (Wildman–Crippen LogP) is 6.51. The number of halogens is 3. The first-order chi connectivity index (χ1) is 15.5. The molecule has 4 rings (SSSR count). The van der Waals surface area contributed by atoms with E-state index in [1.165, 1.54) is 12.1 Å². The van der Waals surface area contributed by atoms with Gasteiger partial charge in [0.25, 0.3) is 0 Å². The number of methoxy groups -OCH3 is 3. The number of nitrogens with zero attached hydrogens (tertiary/aromatic N) is 2.